The van der Waals surface area contributed by atoms with Gasteiger partial charge in [-0.2, -0.15) is 5.10 Å². The van der Waals surface area contributed by atoms with Gasteiger partial charge in [-0.1, -0.05) is 53.6 Å². The summed E-state index contributed by atoms with van der Waals surface area (Å²) in [7, 11) is 0. The number of hydrogen-bond donors (Lipinski definition) is 1. The van der Waals surface area contributed by atoms with Crippen LogP contribution >= 0.6 is 11.6 Å². The van der Waals surface area contributed by atoms with Gasteiger partial charge in [0, 0.05) is 6.07 Å². The quantitative estimate of drug-likeness (QED) is 0.704. The van der Waals surface area contributed by atoms with Crippen LogP contribution in [0.15, 0.2) is 60.8 Å². The number of aromatic nitrogens is 2. The molecule has 26 heavy (non-hydrogen) atoms. The Kier molecular flexibility index (Phi) is 5.58. The second kappa shape index (κ2) is 8.06. The van der Waals surface area contributed by atoms with Crippen molar-refractivity contribution in [3.8, 4) is 5.75 Å². The number of benzene rings is 2. The maximum atomic E-state index is 12.5. The molecule has 1 aromatic heterocycles. The number of carbonyl (C=O) groups is 1. The van der Waals surface area contributed by atoms with Gasteiger partial charge in [-0.05, 0) is 31.5 Å². The summed E-state index contributed by atoms with van der Waals surface area (Å²) in [6, 6.07) is 17.0. The van der Waals surface area contributed by atoms with Crippen molar-refractivity contribution in [3.63, 3.8) is 0 Å². The summed E-state index contributed by atoms with van der Waals surface area (Å²) < 4.78 is 7.39. The molecule has 0 bridgehead atoms. The summed E-state index contributed by atoms with van der Waals surface area (Å²) >= 11 is 6.07. The van der Waals surface area contributed by atoms with Crippen molar-refractivity contribution < 1.29 is 9.53 Å². The van der Waals surface area contributed by atoms with Crippen LogP contribution in [0.2, 0.25) is 5.02 Å². The molecule has 6 heteroatoms. The molecule has 0 saturated carbocycles. The van der Waals surface area contributed by atoms with E-state index in [0.717, 1.165) is 5.56 Å². The van der Waals surface area contributed by atoms with Crippen LogP contribution in [0, 0.1) is 6.92 Å². The monoisotopic (exact) mass is 369 g/mol. The van der Waals surface area contributed by atoms with Gasteiger partial charge in [0.2, 0.25) is 0 Å². The number of para-hydroxylation sites is 1. The normalized spacial score (nSPS) is 11.8. The third-order valence-electron chi connectivity index (χ3n) is 3.93. The lowest BCUT2D eigenvalue weighted by atomic mass is 10.1. The fourth-order valence-electron chi connectivity index (χ4n) is 2.44. The van der Waals surface area contributed by atoms with E-state index in [4.69, 9.17) is 16.3 Å². The van der Waals surface area contributed by atoms with E-state index < -0.39 is 6.10 Å². The van der Waals surface area contributed by atoms with Crippen molar-refractivity contribution >= 4 is 23.3 Å². The first-order valence-electron chi connectivity index (χ1n) is 8.32. The van der Waals surface area contributed by atoms with Gasteiger partial charge in [0.1, 0.15) is 11.6 Å². The van der Waals surface area contributed by atoms with Gasteiger partial charge < -0.3 is 10.1 Å². The minimum absolute atomic E-state index is 0.268. The number of carbonyl (C=O) groups excluding carboxylic acids is 1. The molecule has 0 fully saturated rings. The van der Waals surface area contributed by atoms with Crippen LogP contribution in [0.25, 0.3) is 0 Å². The fraction of sp³-hybridized carbons (Fsp3) is 0.200. The van der Waals surface area contributed by atoms with E-state index in [2.05, 4.69) is 22.5 Å². The number of nitrogens with zero attached hydrogens (tertiary/aromatic N) is 2. The predicted molar refractivity (Wildman–Crippen MR) is 103 cm³/mol. The van der Waals surface area contributed by atoms with Gasteiger partial charge >= 0.3 is 0 Å². The lowest BCUT2D eigenvalue weighted by Gasteiger charge is -2.16. The molecule has 3 aromatic rings. The zero-order chi connectivity index (χ0) is 18.5. The Morgan fingerprint density at radius 2 is 1.92 bits per heavy atom. The van der Waals surface area contributed by atoms with E-state index in [1.54, 1.807) is 36.0 Å². The largest absolute Gasteiger partial charge is 0.479 e. The molecule has 0 spiro atoms. The minimum Gasteiger partial charge on any atom is -0.479 e. The van der Waals surface area contributed by atoms with Crippen LogP contribution in [0.3, 0.4) is 0 Å². The molecule has 2 aromatic carbocycles. The van der Waals surface area contributed by atoms with Crippen LogP contribution in [0.5, 0.6) is 5.75 Å². The van der Waals surface area contributed by atoms with Crippen LogP contribution in [-0.2, 0) is 11.3 Å². The van der Waals surface area contributed by atoms with E-state index in [1.807, 2.05) is 31.2 Å². The molecule has 0 radical (unpaired) electrons. The Morgan fingerprint density at radius 1 is 1.19 bits per heavy atom. The Morgan fingerprint density at radius 3 is 2.65 bits per heavy atom. The summed E-state index contributed by atoms with van der Waals surface area (Å²) in [5.41, 5.74) is 2.31. The smallest absolute Gasteiger partial charge is 0.266 e. The van der Waals surface area contributed by atoms with Crippen LogP contribution in [0.4, 0.5) is 5.82 Å². The Bertz CT molecular complexity index is 890. The molecule has 1 atom stereocenters. The van der Waals surface area contributed by atoms with E-state index >= 15 is 0 Å². The predicted octanol–water partition coefficient (Wildman–Crippen LogP) is 4.30. The third kappa shape index (κ3) is 4.43. The van der Waals surface area contributed by atoms with Crippen LogP contribution in [-0.4, -0.2) is 21.8 Å². The highest BCUT2D eigenvalue weighted by atomic mass is 35.5. The minimum atomic E-state index is -0.697. The van der Waals surface area contributed by atoms with Gasteiger partial charge in [-0.3, -0.25) is 4.79 Å². The average Bonchev–Trinajstić information content (AvgIpc) is 3.05. The molecule has 0 aliphatic carbocycles. The molecule has 5 nitrogen and oxygen atoms in total. The average molecular weight is 370 g/mol. The fourth-order valence-corrected chi connectivity index (χ4v) is 2.62. The van der Waals surface area contributed by atoms with Crippen molar-refractivity contribution in [3.05, 3.63) is 76.9 Å². The highest BCUT2D eigenvalue weighted by Crippen LogP contribution is 2.24. The Balaban J connectivity index is 1.65. The lowest BCUT2D eigenvalue weighted by molar-refractivity contribution is -0.122. The van der Waals surface area contributed by atoms with Gasteiger partial charge in [0.25, 0.3) is 5.91 Å². The second-order valence-corrected chi connectivity index (χ2v) is 6.45. The van der Waals surface area contributed by atoms with E-state index in [0.29, 0.717) is 23.1 Å². The summed E-state index contributed by atoms with van der Waals surface area (Å²) in [5.74, 6) is 0.825. The summed E-state index contributed by atoms with van der Waals surface area (Å²) in [6.45, 7) is 4.30. The molecule has 1 heterocycles. The molecule has 0 aliphatic rings. The van der Waals surface area contributed by atoms with Crippen LogP contribution in [0.1, 0.15) is 18.1 Å². The molecular weight excluding hydrogens is 350 g/mol. The molecular formula is C20H20ClN3O2. The van der Waals surface area contributed by atoms with Crippen molar-refractivity contribution in [2.45, 2.75) is 26.5 Å². The number of hydrogen-bond acceptors (Lipinski definition) is 3. The topological polar surface area (TPSA) is 56.2 Å². The number of ether oxygens (including phenoxy) is 1. The summed E-state index contributed by atoms with van der Waals surface area (Å²) in [5, 5.41) is 7.61. The standard InChI is InChI=1S/C20H20ClN3O2/c1-14-7-9-16(10-8-14)13-24-19(11-12-22-24)23-20(25)15(2)26-18-6-4-3-5-17(18)21/h3-12,15H,13H2,1-2H3,(H,23,25)/t15-/m1/s1. The van der Waals surface area contributed by atoms with Gasteiger partial charge in [0.05, 0.1) is 17.8 Å². The Hall–Kier alpha value is -2.79. The first kappa shape index (κ1) is 18.0. The van der Waals surface area contributed by atoms with Crippen molar-refractivity contribution in [1.82, 2.24) is 9.78 Å². The number of amides is 1. The van der Waals surface area contributed by atoms with E-state index in [-0.39, 0.29) is 5.91 Å². The van der Waals surface area contributed by atoms with Crippen LogP contribution < -0.4 is 10.1 Å². The zero-order valence-corrected chi connectivity index (χ0v) is 15.4. The summed E-state index contributed by atoms with van der Waals surface area (Å²) in [6.07, 6.45) is 0.959. The zero-order valence-electron chi connectivity index (χ0n) is 14.6. The highest BCUT2D eigenvalue weighted by molar-refractivity contribution is 6.32. The molecule has 0 unspecified atom stereocenters. The number of anilines is 1. The molecule has 0 saturated heterocycles. The Labute approximate surface area is 157 Å². The maximum Gasteiger partial charge on any atom is 0.266 e. The number of nitrogens with one attached hydrogen (secondary N) is 1. The number of aryl methyl sites for hydroxylation is 1. The first-order valence-corrected chi connectivity index (χ1v) is 8.70. The molecule has 1 N–H and O–H groups in total. The number of halogens is 1. The SMILES string of the molecule is Cc1ccc(Cn2nccc2NC(=O)[C@@H](C)Oc2ccccc2Cl)cc1. The maximum absolute atomic E-state index is 12.5. The molecule has 0 aliphatic heterocycles. The van der Waals surface area contributed by atoms with Gasteiger partial charge in [-0.15, -0.1) is 0 Å². The first-order chi connectivity index (χ1) is 12.5. The molecule has 3 rings (SSSR count). The van der Waals surface area contributed by atoms with Gasteiger partial charge in [-0.25, -0.2) is 4.68 Å². The van der Waals surface area contributed by atoms with Crippen molar-refractivity contribution in [2.75, 3.05) is 5.32 Å². The number of rotatable bonds is 6. The molecule has 1 amide bonds. The third-order valence-corrected chi connectivity index (χ3v) is 4.24. The van der Waals surface area contributed by atoms with Crippen molar-refractivity contribution in [2.24, 2.45) is 0 Å². The van der Waals surface area contributed by atoms with Gasteiger partial charge in [0.15, 0.2) is 6.10 Å². The van der Waals surface area contributed by atoms with E-state index in [1.165, 1.54) is 5.56 Å². The highest BCUT2D eigenvalue weighted by Gasteiger charge is 2.17. The van der Waals surface area contributed by atoms with Crippen molar-refractivity contribution in [1.29, 1.82) is 0 Å². The molecule has 134 valence electrons. The summed E-state index contributed by atoms with van der Waals surface area (Å²) in [4.78, 5) is 12.5. The van der Waals surface area contributed by atoms with E-state index in [9.17, 15) is 4.79 Å². The second-order valence-electron chi connectivity index (χ2n) is 6.04. The lowest BCUT2D eigenvalue weighted by Crippen LogP contribution is -2.31.